The second-order valence-electron chi connectivity index (χ2n) is 5.08. The maximum absolute atomic E-state index is 5.87. The van der Waals surface area contributed by atoms with Crippen molar-refractivity contribution < 1.29 is 4.74 Å². The van der Waals surface area contributed by atoms with Crippen LogP contribution in [0.15, 0.2) is 45.8 Å². The molecule has 1 N–H and O–H groups in total. The topological polar surface area (TPSA) is 21.3 Å². The Morgan fingerprint density at radius 3 is 2.67 bits per heavy atom. The first-order chi connectivity index (χ1) is 10.2. The van der Waals surface area contributed by atoms with Gasteiger partial charge in [0, 0.05) is 21.4 Å². The van der Waals surface area contributed by atoms with Gasteiger partial charge in [0.2, 0.25) is 0 Å². The number of hydrogen-bond donors (Lipinski definition) is 1. The molecule has 1 atom stereocenters. The number of thioether (sulfide) groups is 1. The Balaban J connectivity index is 2.03. The summed E-state index contributed by atoms with van der Waals surface area (Å²) in [6.07, 6.45) is 3.09. The highest BCUT2D eigenvalue weighted by molar-refractivity contribution is 9.10. The van der Waals surface area contributed by atoms with Gasteiger partial charge in [0.05, 0.1) is 12.6 Å². The van der Waals surface area contributed by atoms with E-state index in [-0.39, 0.29) is 6.04 Å². The molecule has 1 heterocycles. The Bertz CT molecular complexity index is 642. The van der Waals surface area contributed by atoms with E-state index >= 15 is 0 Å². The molecule has 4 heteroatoms. The first-order valence-electron chi connectivity index (χ1n) is 6.99. The quantitative estimate of drug-likeness (QED) is 0.812. The molecule has 110 valence electrons. The maximum atomic E-state index is 5.87. The van der Waals surface area contributed by atoms with Crippen LogP contribution in [0, 0.1) is 0 Å². The highest BCUT2D eigenvalue weighted by Crippen LogP contribution is 2.38. The van der Waals surface area contributed by atoms with Crippen LogP contribution >= 0.6 is 27.7 Å². The normalized spacial score (nSPS) is 14.6. The molecule has 0 saturated carbocycles. The molecule has 0 amide bonds. The zero-order chi connectivity index (χ0) is 14.8. The summed E-state index contributed by atoms with van der Waals surface area (Å²) in [6.45, 7) is 0.778. The predicted molar refractivity (Wildman–Crippen MR) is 92.5 cm³/mol. The lowest BCUT2D eigenvalue weighted by molar-refractivity contribution is 0.351. The van der Waals surface area contributed by atoms with E-state index < -0.39 is 0 Å². The van der Waals surface area contributed by atoms with Gasteiger partial charge >= 0.3 is 0 Å². The average Bonchev–Trinajstić information content (AvgIpc) is 2.96. The van der Waals surface area contributed by atoms with E-state index in [0.29, 0.717) is 0 Å². The number of ether oxygens (including phenoxy) is 1. The van der Waals surface area contributed by atoms with Crippen LogP contribution in [0.1, 0.15) is 22.7 Å². The van der Waals surface area contributed by atoms with Crippen LogP contribution in [0.5, 0.6) is 5.75 Å². The van der Waals surface area contributed by atoms with Crippen molar-refractivity contribution in [2.75, 3.05) is 19.9 Å². The SMILES string of the molecule is CNC(c1ccc(SC)cc1)c1cc(Br)cc2c1OCC2. The average molecular weight is 364 g/mol. The highest BCUT2D eigenvalue weighted by atomic mass is 79.9. The third-order valence-electron chi connectivity index (χ3n) is 3.83. The summed E-state index contributed by atoms with van der Waals surface area (Å²) < 4.78 is 6.98. The van der Waals surface area contributed by atoms with Gasteiger partial charge in [-0.3, -0.25) is 0 Å². The number of benzene rings is 2. The summed E-state index contributed by atoms with van der Waals surface area (Å²) in [5.41, 5.74) is 3.75. The summed E-state index contributed by atoms with van der Waals surface area (Å²) in [7, 11) is 2.00. The van der Waals surface area contributed by atoms with E-state index in [9.17, 15) is 0 Å². The Hall–Kier alpha value is -0.970. The fraction of sp³-hybridized carbons (Fsp3) is 0.294. The number of hydrogen-bond acceptors (Lipinski definition) is 3. The van der Waals surface area contributed by atoms with E-state index in [1.54, 1.807) is 11.8 Å². The zero-order valence-corrected chi connectivity index (χ0v) is 14.6. The molecule has 2 nitrogen and oxygen atoms in total. The first kappa shape index (κ1) is 14.9. The zero-order valence-electron chi connectivity index (χ0n) is 12.2. The Labute approximate surface area is 138 Å². The van der Waals surface area contributed by atoms with Crippen LogP contribution in [0.3, 0.4) is 0 Å². The Morgan fingerprint density at radius 1 is 1.24 bits per heavy atom. The van der Waals surface area contributed by atoms with Gasteiger partial charge in [0.25, 0.3) is 0 Å². The van der Waals surface area contributed by atoms with Crippen molar-refractivity contribution in [3.8, 4) is 5.75 Å². The summed E-state index contributed by atoms with van der Waals surface area (Å²) in [6, 6.07) is 13.2. The molecule has 3 rings (SSSR count). The van der Waals surface area contributed by atoms with Gasteiger partial charge in [-0.05, 0) is 48.7 Å². The van der Waals surface area contributed by atoms with Crippen LogP contribution in [0.4, 0.5) is 0 Å². The predicted octanol–water partition coefficient (Wildman–Crippen LogP) is 4.41. The van der Waals surface area contributed by atoms with Gasteiger partial charge in [-0.25, -0.2) is 0 Å². The number of nitrogens with one attached hydrogen (secondary N) is 1. The maximum Gasteiger partial charge on any atom is 0.127 e. The fourth-order valence-corrected chi connectivity index (χ4v) is 3.74. The molecule has 1 unspecified atom stereocenters. The number of fused-ring (bicyclic) bond motifs is 1. The summed E-state index contributed by atoms with van der Waals surface area (Å²) in [4.78, 5) is 1.28. The van der Waals surface area contributed by atoms with Crippen molar-refractivity contribution >= 4 is 27.7 Å². The van der Waals surface area contributed by atoms with E-state index in [4.69, 9.17) is 4.74 Å². The van der Waals surface area contributed by atoms with Crippen LogP contribution in [0.2, 0.25) is 0 Å². The third kappa shape index (κ3) is 2.98. The Morgan fingerprint density at radius 2 is 2.00 bits per heavy atom. The molecule has 2 aromatic carbocycles. The third-order valence-corrected chi connectivity index (χ3v) is 5.03. The molecule has 0 saturated heterocycles. The van der Waals surface area contributed by atoms with Crippen molar-refractivity contribution in [3.05, 3.63) is 57.6 Å². The Kier molecular flexibility index (Phi) is 4.57. The molecule has 0 aromatic heterocycles. The van der Waals surface area contributed by atoms with Crippen LogP contribution in [0.25, 0.3) is 0 Å². The molecule has 0 fully saturated rings. The molecule has 2 aromatic rings. The summed E-state index contributed by atoms with van der Waals surface area (Å²) in [5, 5.41) is 3.42. The van der Waals surface area contributed by atoms with Gasteiger partial charge in [0.15, 0.2) is 0 Å². The van der Waals surface area contributed by atoms with Crippen molar-refractivity contribution in [2.45, 2.75) is 17.4 Å². The molecule has 1 aliphatic rings. The van der Waals surface area contributed by atoms with E-state index in [1.807, 2.05) is 7.05 Å². The van der Waals surface area contributed by atoms with Gasteiger partial charge in [-0.2, -0.15) is 0 Å². The monoisotopic (exact) mass is 363 g/mol. The second kappa shape index (κ2) is 6.42. The molecule has 0 aliphatic carbocycles. The van der Waals surface area contributed by atoms with Gasteiger partial charge in [-0.1, -0.05) is 28.1 Å². The number of halogens is 1. The summed E-state index contributed by atoms with van der Waals surface area (Å²) >= 11 is 5.38. The fourth-order valence-electron chi connectivity index (χ4n) is 2.81. The van der Waals surface area contributed by atoms with E-state index in [0.717, 1.165) is 23.2 Å². The minimum atomic E-state index is 0.144. The van der Waals surface area contributed by atoms with Crippen LogP contribution in [-0.2, 0) is 6.42 Å². The molecule has 0 radical (unpaired) electrons. The van der Waals surface area contributed by atoms with Gasteiger partial charge in [-0.15, -0.1) is 11.8 Å². The standard InChI is InChI=1S/C17H18BrNOS/c1-19-16(11-3-5-14(21-2)6-4-11)15-10-13(18)9-12-7-8-20-17(12)15/h3-6,9-10,16,19H,7-8H2,1-2H3. The minimum Gasteiger partial charge on any atom is -0.493 e. The lowest BCUT2D eigenvalue weighted by atomic mass is 9.96. The lowest BCUT2D eigenvalue weighted by Gasteiger charge is -2.20. The van der Waals surface area contributed by atoms with Crippen molar-refractivity contribution in [2.24, 2.45) is 0 Å². The van der Waals surface area contributed by atoms with Crippen molar-refractivity contribution in [3.63, 3.8) is 0 Å². The number of rotatable bonds is 4. The summed E-state index contributed by atoms with van der Waals surface area (Å²) in [5.74, 6) is 1.05. The lowest BCUT2D eigenvalue weighted by Crippen LogP contribution is -2.18. The van der Waals surface area contributed by atoms with Crippen molar-refractivity contribution in [1.82, 2.24) is 5.32 Å². The minimum absolute atomic E-state index is 0.144. The second-order valence-corrected chi connectivity index (χ2v) is 6.87. The molecule has 21 heavy (non-hydrogen) atoms. The first-order valence-corrected chi connectivity index (χ1v) is 9.01. The largest absolute Gasteiger partial charge is 0.493 e. The van der Waals surface area contributed by atoms with Crippen LogP contribution < -0.4 is 10.1 Å². The van der Waals surface area contributed by atoms with Gasteiger partial charge in [0.1, 0.15) is 5.75 Å². The highest BCUT2D eigenvalue weighted by Gasteiger charge is 2.23. The van der Waals surface area contributed by atoms with Crippen molar-refractivity contribution in [1.29, 1.82) is 0 Å². The molecular formula is C17H18BrNOS. The smallest absolute Gasteiger partial charge is 0.127 e. The van der Waals surface area contributed by atoms with Gasteiger partial charge < -0.3 is 10.1 Å². The molecule has 0 spiro atoms. The van der Waals surface area contributed by atoms with Crippen LogP contribution in [-0.4, -0.2) is 19.9 Å². The molecule has 1 aliphatic heterocycles. The molecule has 0 bridgehead atoms. The van der Waals surface area contributed by atoms with E-state index in [2.05, 4.69) is 63.9 Å². The molecular weight excluding hydrogens is 346 g/mol. The van der Waals surface area contributed by atoms with E-state index in [1.165, 1.54) is 21.6 Å².